The summed E-state index contributed by atoms with van der Waals surface area (Å²) in [5.74, 6) is 0. The van der Waals surface area contributed by atoms with Crippen LogP contribution in [0.15, 0.2) is 18.2 Å². The molecular formula is C12H17N3O. The second-order valence-corrected chi connectivity index (χ2v) is 3.79. The molecule has 0 fully saturated rings. The quantitative estimate of drug-likeness (QED) is 0.798. The number of aryl methyl sites for hydroxylation is 1. The first-order valence-electron chi connectivity index (χ1n) is 5.50. The van der Waals surface area contributed by atoms with Crippen molar-refractivity contribution >= 4 is 16.6 Å². The highest BCUT2D eigenvalue weighted by Crippen LogP contribution is 2.21. The van der Waals surface area contributed by atoms with Crippen molar-refractivity contribution in [2.45, 2.75) is 19.9 Å². The van der Waals surface area contributed by atoms with Crippen molar-refractivity contribution in [2.24, 2.45) is 0 Å². The predicted molar refractivity (Wildman–Crippen MR) is 65.4 cm³/mol. The molecule has 2 rings (SSSR count). The number of aromatic nitrogens is 2. The van der Waals surface area contributed by atoms with E-state index in [-0.39, 0.29) is 0 Å². The number of nitrogen functional groups attached to an aromatic ring is 1. The number of nitrogens with two attached hydrogens (primary N) is 1. The maximum Gasteiger partial charge on any atom is 0.0701 e. The fraction of sp³-hybridized carbons (Fsp3) is 0.417. The van der Waals surface area contributed by atoms with Crippen molar-refractivity contribution in [1.29, 1.82) is 0 Å². The molecular weight excluding hydrogens is 202 g/mol. The molecule has 4 heteroatoms. The molecule has 2 aromatic rings. The van der Waals surface area contributed by atoms with Gasteiger partial charge in [-0.1, -0.05) is 6.92 Å². The van der Waals surface area contributed by atoms with Gasteiger partial charge in [0, 0.05) is 18.2 Å². The summed E-state index contributed by atoms with van der Waals surface area (Å²) in [7, 11) is 1.70. The normalized spacial score (nSPS) is 11.1. The van der Waals surface area contributed by atoms with Crippen LogP contribution in [0.4, 0.5) is 5.69 Å². The fourth-order valence-electron chi connectivity index (χ4n) is 1.87. The van der Waals surface area contributed by atoms with Crippen LogP contribution in [0.5, 0.6) is 0 Å². The Morgan fingerprint density at radius 1 is 1.44 bits per heavy atom. The van der Waals surface area contributed by atoms with Crippen molar-refractivity contribution in [3.8, 4) is 0 Å². The van der Waals surface area contributed by atoms with Gasteiger partial charge in [-0.3, -0.25) is 4.68 Å². The van der Waals surface area contributed by atoms with Crippen molar-refractivity contribution in [3.63, 3.8) is 0 Å². The first-order valence-corrected chi connectivity index (χ1v) is 5.50. The molecule has 2 N–H and O–H groups in total. The lowest BCUT2D eigenvalue weighted by Crippen LogP contribution is -2.05. The van der Waals surface area contributed by atoms with E-state index in [2.05, 4.69) is 12.0 Å². The molecule has 4 nitrogen and oxygen atoms in total. The Morgan fingerprint density at radius 3 is 2.94 bits per heavy atom. The second-order valence-electron chi connectivity index (χ2n) is 3.79. The molecule has 0 unspecified atom stereocenters. The van der Waals surface area contributed by atoms with Crippen LogP contribution >= 0.6 is 0 Å². The van der Waals surface area contributed by atoms with Crippen LogP contribution in [0.25, 0.3) is 10.9 Å². The highest BCUT2D eigenvalue weighted by Gasteiger charge is 2.08. The number of hydrogen-bond acceptors (Lipinski definition) is 3. The predicted octanol–water partition coefficient (Wildman–Crippen LogP) is 1.83. The van der Waals surface area contributed by atoms with E-state index in [1.807, 2.05) is 22.9 Å². The van der Waals surface area contributed by atoms with Crippen LogP contribution in [0, 0.1) is 0 Å². The third-order valence-corrected chi connectivity index (χ3v) is 2.69. The van der Waals surface area contributed by atoms with Crippen molar-refractivity contribution in [3.05, 3.63) is 23.9 Å². The van der Waals surface area contributed by atoms with Gasteiger partial charge in [0.1, 0.15) is 0 Å². The average Bonchev–Trinajstić information content (AvgIpc) is 2.63. The Balaban J connectivity index is 2.50. The SMILES string of the molecule is CCc1nn(CCOC)c2ccc(N)cc12. The van der Waals surface area contributed by atoms with E-state index in [9.17, 15) is 0 Å². The minimum atomic E-state index is 0.671. The van der Waals surface area contributed by atoms with Crippen LogP contribution in [-0.2, 0) is 17.7 Å². The Kier molecular flexibility index (Phi) is 3.10. The minimum absolute atomic E-state index is 0.671. The Morgan fingerprint density at radius 2 is 2.25 bits per heavy atom. The standard InChI is InChI=1S/C12H17N3O/c1-3-11-10-8-9(13)4-5-12(10)15(14-11)6-7-16-2/h4-5,8H,3,6-7,13H2,1-2H3. The van der Waals surface area contributed by atoms with Crippen LogP contribution in [0.2, 0.25) is 0 Å². The van der Waals surface area contributed by atoms with Gasteiger partial charge in [-0.15, -0.1) is 0 Å². The molecule has 0 bridgehead atoms. The Hall–Kier alpha value is -1.55. The largest absolute Gasteiger partial charge is 0.399 e. The third-order valence-electron chi connectivity index (χ3n) is 2.69. The Bertz CT molecular complexity index is 490. The molecule has 1 aromatic carbocycles. The molecule has 86 valence electrons. The van der Waals surface area contributed by atoms with Gasteiger partial charge < -0.3 is 10.5 Å². The van der Waals surface area contributed by atoms with E-state index in [1.54, 1.807) is 7.11 Å². The van der Waals surface area contributed by atoms with Gasteiger partial charge in [-0.05, 0) is 24.6 Å². The highest BCUT2D eigenvalue weighted by molar-refractivity contribution is 5.85. The molecule has 1 heterocycles. The van der Waals surface area contributed by atoms with E-state index in [4.69, 9.17) is 10.5 Å². The molecule has 0 saturated heterocycles. The van der Waals surface area contributed by atoms with Crippen molar-refractivity contribution in [1.82, 2.24) is 9.78 Å². The maximum atomic E-state index is 5.80. The summed E-state index contributed by atoms with van der Waals surface area (Å²) in [4.78, 5) is 0. The van der Waals surface area contributed by atoms with Crippen molar-refractivity contribution < 1.29 is 4.74 Å². The van der Waals surface area contributed by atoms with Crippen LogP contribution in [0.3, 0.4) is 0 Å². The first kappa shape index (κ1) is 11.0. The molecule has 16 heavy (non-hydrogen) atoms. The zero-order valence-electron chi connectivity index (χ0n) is 9.73. The fourth-order valence-corrected chi connectivity index (χ4v) is 1.87. The molecule has 1 aromatic heterocycles. The van der Waals surface area contributed by atoms with Gasteiger partial charge in [0.25, 0.3) is 0 Å². The van der Waals surface area contributed by atoms with E-state index in [1.165, 1.54) is 0 Å². The first-order chi connectivity index (χ1) is 7.76. The van der Waals surface area contributed by atoms with E-state index >= 15 is 0 Å². The summed E-state index contributed by atoms with van der Waals surface area (Å²) in [6.45, 7) is 3.55. The molecule has 0 spiro atoms. The lowest BCUT2D eigenvalue weighted by molar-refractivity contribution is 0.184. The summed E-state index contributed by atoms with van der Waals surface area (Å²) in [5.41, 5.74) is 8.80. The number of fused-ring (bicyclic) bond motifs is 1. The van der Waals surface area contributed by atoms with Gasteiger partial charge >= 0.3 is 0 Å². The topological polar surface area (TPSA) is 53.1 Å². The van der Waals surface area contributed by atoms with E-state index < -0.39 is 0 Å². The third kappa shape index (κ3) is 1.88. The van der Waals surface area contributed by atoms with Gasteiger partial charge in [0.05, 0.1) is 24.4 Å². The van der Waals surface area contributed by atoms with Gasteiger partial charge in [0.15, 0.2) is 0 Å². The molecule has 0 aliphatic carbocycles. The highest BCUT2D eigenvalue weighted by atomic mass is 16.5. The number of hydrogen-bond donors (Lipinski definition) is 1. The molecule has 0 aliphatic rings. The van der Waals surface area contributed by atoms with Gasteiger partial charge in [-0.2, -0.15) is 5.10 Å². The number of anilines is 1. The zero-order valence-corrected chi connectivity index (χ0v) is 9.73. The van der Waals surface area contributed by atoms with Gasteiger partial charge in [-0.25, -0.2) is 0 Å². The monoisotopic (exact) mass is 219 g/mol. The lowest BCUT2D eigenvalue weighted by atomic mass is 10.1. The molecule has 0 radical (unpaired) electrons. The van der Waals surface area contributed by atoms with Crippen molar-refractivity contribution in [2.75, 3.05) is 19.5 Å². The van der Waals surface area contributed by atoms with E-state index in [0.29, 0.717) is 6.61 Å². The summed E-state index contributed by atoms with van der Waals surface area (Å²) < 4.78 is 7.06. The number of methoxy groups -OCH3 is 1. The van der Waals surface area contributed by atoms with Crippen LogP contribution in [0.1, 0.15) is 12.6 Å². The molecule has 0 aliphatic heterocycles. The zero-order chi connectivity index (χ0) is 11.5. The minimum Gasteiger partial charge on any atom is -0.399 e. The second kappa shape index (κ2) is 4.53. The number of ether oxygens (including phenoxy) is 1. The summed E-state index contributed by atoms with van der Waals surface area (Å²) in [6, 6.07) is 5.92. The lowest BCUT2D eigenvalue weighted by Gasteiger charge is -2.02. The van der Waals surface area contributed by atoms with Gasteiger partial charge in [0.2, 0.25) is 0 Å². The summed E-state index contributed by atoms with van der Waals surface area (Å²) in [6.07, 6.45) is 0.917. The number of nitrogens with zero attached hydrogens (tertiary/aromatic N) is 2. The number of benzene rings is 1. The average molecular weight is 219 g/mol. The van der Waals surface area contributed by atoms with E-state index in [0.717, 1.165) is 35.2 Å². The number of rotatable bonds is 4. The molecule has 0 atom stereocenters. The van der Waals surface area contributed by atoms with Crippen LogP contribution in [-0.4, -0.2) is 23.5 Å². The smallest absolute Gasteiger partial charge is 0.0701 e. The molecule has 0 amide bonds. The molecule has 0 saturated carbocycles. The summed E-state index contributed by atoms with van der Waals surface area (Å²) >= 11 is 0. The Labute approximate surface area is 95.0 Å². The van der Waals surface area contributed by atoms with Crippen LogP contribution < -0.4 is 5.73 Å². The maximum absolute atomic E-state index is 5.80. The summed E-state index contributed by atoms with van der Waals surface area (Å²) in [5, 5.41) is 5.72.